The van der Waals surface area contributed by atoms with Gasteiger partial charge in [0.05, 0.1) is 0 Å². The van der Waals surface area contributed by atoms with Gasteiger partial charge in [0.2, 0.25) is 0 Å². The third kappa shape index (κ3) is 22.4. The van der Waals surface area contributed by atoms with Gasteiger partial charge in [-0.1, -0.05) is 20.3 Å². The summed E-state index contributed by atoms with van der Waals surface area (Å²) < 4.78 is 8.33. The minimum atomic E-state index is 0.869. The lowest BCUT2D eigenvalue weighted by Crippen LogP contribution is -2.12. The van der Waals surface area contributed by atoms with Crippen molar-refractivity contribution in [3.63, 3.8) is 0 Å². The van der Waals surface area contributed by atoms with Crippen molar-refractivity contribution in [2.24, 2.45) is 0 Å². The molecule has 0 atom stereocenters. The van der Waals surface area contributed by atoms with Gasteiger partial charge >= 0.3 is 0 Å². The Balaban J connectivity index is 0. The van der Waals surface area contributed by atoms with Crippen molar-refractivity contribution in [3.8, 4) is 0 Å². The van der Waals surface area contributed by atoms with E-state index in [1.807, 2.05) is 0 Å². The number of hydrogen-bond acceptors (Lipinski definition) is 3. The largest absolute Gasteiger partial charge is 0.330 e. The predicted octanol–water partition coefficient (Wildman–Crippen LogP) is 2.95. The second-order valence-corrected chi connectivity index (χ2v) is 3.72. The number of hydrogen-bond donors (Lipinski definition) is 1. The number of rotatable bonds is 5. The topological polar surface area (TPSA) is 23.5 Å². The highest BCUT2D eigenvalue weighted by atomic mass is 32.2. The van der Waals surface area contributed by atoms with Crippen LogP contribution in [0.25, 0.3) is 0 Å². The average molecular weight is 193 g/mol. The van der Waals surface area contributed by atoms with Gasteiger partial charge in [0, 0.05) is 5.75 Å². The van der Waals surface area contributed by atoms with Crippen LogP contribution in [0.2, 0.25) is 0 Å². The smallest absolute Gasteiger partial charge is 0.0195 e. The molecule has 2 nitrogen and oxygen atoms in total. The van der Waals surface area contributed by atoms with Crippen molar-refractivity contribution in [1.29, 1.82) is 0 Å². The van der Waals surface area contributed by atoms with E-state index in [1.54, 1.807) is 0 Å². The Kier molecular flexibility index (Phi) is 17.0. The summed E-state index contributed by atoms with van der Waals surface area (Å²) in [5.74, 6) is 0.869. The maximum atomic E-state index is 8.33. The zero-order valence-electron chi connectivity index (χ0n) is 8.84. The van der Waals surface area contributed by atoms with Gasteiger partial charge in [-0.25, -0.2) is 0 Å². The van der Waals surface area contributed by atoms with Crippen LogP contribution in [-0.4, -0.2) is 35.8 Å². The van der Waals surface area contributed by atoms with E-state index in [1.165, 1.54) is 12.8 Å². The molecule has 0 saturated heterocycles. The van der Waals surface area contributed by atoms with Crippen LogP contribution in [0.5, 0.6) is 0 Å². The molecule has 0 unspecified atom stereocenters. The highest BCUT2D eigenvalue weighted by Gasteiger charge is 1.89. The van der Waals surface area contributed by atoms with Crippen LogP contribution in [0.15, 0.2) is 0 Å². The van der Waals surface area contributed by atoms with E-state index in [9.17, 15) is 0 Å². The van der Waals surface area contributed by atoms with E-state index in [0.717, 1.165) is 30.8 Å². The quantitative estimate of drug-likeness (QED) is 0.536. The molecule has 0 aromatic rings. The van der Waals surface area contributed by atoms with Crippen LogP contribution in [0.3, 0.4) is 0 Å². The zero-order chi connectivity index (χ0) is 9.82. The van der Waals surface area contributed by atoms with Gasteiger partial charge < -0.3 is 9.45 Å². The van der Waals surface area contributed by atoms with Crippen LogP contribution < -0.4 is 0 Å². The van der Waals surface area contributed by atoms with Crippen molar-refractivity contribution in [3.05, 3.63) is 0 Å². The highest BCUT2D eigenvalue weighted by molar-refractivity contribution is 7.93. The molecule has 76 valence electrons. The van der Waals surface area contributed by atoms with Crippen molar-refractivity contribution in [2.45, 2.75) is 33.1 Å². The van der Waals surface area contributed by atoms with E-state index >= 15 is 0 Å². The highest BCUT2D eigenvalue weighted by Crippen LogP contribution is 1.98. The molecule has 12 heavy (non-hydrogen) atoms. The molecular weight excluding hydrogens is 170 g/mol. The van der Waals surface area contributed by atoms with Gasteiger partial charge in [-0.2, -0.15) is 0 Å². The monoisotopic (exact) mass is 193 g/mol. The van der Waals surface area contributed by atoms with Crippen molar-refractivity contribution in [1.82, 2.24) is 4.90 Å². The summed E-state index contributed by atoms with van der Waals surface area (Å²) in [6.45, 7) is 5.38. The lowest BCUT2D eigenvalue weighted by molar-refractivity contribution is 0.398. The zero-order valence-corrected chi connectivity index (χ0v) is 9.65. The van der Waals surface area contributed by atoms with Crippen LogP contribution in [0.4, 0.5) is 0 Å². The molecule has 0 spiro atoms. The maximum absolute atomic E-state index is 8.33. The first-order valence-electron chi connectivity index (χ1n) is 4.60. The Morgan fingerprint density at radius 1 is 1.17 bits per heavy atom. The Morgan fingerprint density at radius 3 is 2.00 bits per heavy atom. The Hall–Kier alpha value is 0.270. The molecule has 0 aliphatic rings. The molecule has 0 amide bonds. The van der Waals surface area contributed by atoms with Crippen molar-refractivity contribution < 1.29 is 4.55 Å². The summed E-state index contributed by atoms with van der Waals surface area (Å²) in [5.41, 5.74) is 0. The molecule has 3 heteroatoms. The fraction of sp³-hybridized carbons (Fsp3) is 1.00. The van der Waals surface area contributed by atoms with E-state index in [2.05, 4.69) is 32.8 Å². The second kappa shape index (κ2) is 13.8. The molecule has 0 fully saturated rings. The fourth-order valence-corrected chi connectivity index (χ4v) is 0.928. The summed E-state index contributed by atoms with van der Waals surface area (Å²) in [5, 5.41) is 0. The van der Waals surface area contributed by atoms with Crippen molar-refractivity contribution in [2.75, 3.05) is 26.4 Å². The van der Waals surface area contributed by atoms with Crippen molar-refractivity contribution >= 4 is 12.0 Å². The lowest BCUT2D eigenvalue weighted by atomic mass is 10.3. The standard InChI is InChI=1S/C6H15NOS.C3H8/c1-7(2)5-3-4-6-9-8;1-3-2/h8H,3-6H2,1-2H3;3H2,1-2H3. The lowest BCUT2D eigenvalue weighted by Gasteiger charge is -2.07. The van der Waals surface area contributed by atoms with E-state index in [-0.39, 0.29) is 0 Å². The minimum absolute atomic E-state index is 0.869. The molecule has 0 aromatic heterocycles. The summed E-state index contributed by atoms with van der Waals surface area (Å²) in [6.07, 6.45) is 3.54. The van der Waals surface area contributed by atoms with Crippen LogP contribution >= 0.6 is 12.0 Å². The molecule has 0 aliphatic heterocycles. The first-order chi connectivity index (χ1) is 5.68. The van der Waals surface area contributed by atoms with Crippen LogP contribution in [-0.2, 0) is 0 Å². The molecule has 0 saturated carbocycles. The SMILES string of the molecule is CCC.CN(C)CCCCSO. The Morgan fingerprint density at radius 2 is 1.67 bits per heavy atom. The van der Waals surface area contributed by atoms with Crippen LogP contribution in [0, 0.1) is 0 Å². The number of nitrogens with zero attached hydrogens (tertiary/aromatic N) is 1. The summed E-state index contributed by atoms with van der Waals surface area (Å²) in [4.78, 5) is 2.15. The Bertz CT molecular complexity index is 69.5. The van der Waals surface area contributed by atoms with Gasteiger partial charge in [-0.15, -0.1) is 0 Å². The van der Waals surface area contributed by atoms with Gasteiger partial charge in [0.25, 0.3) is 0 Å². The van der Waals surface area contributed by atoms with Gasteiger partial charge in [-0.05, 0) is 45.5 Å². The fourth-order valence-electron chi connectivity index (χ4n) is 0.595. The summed E-state index contributed by atoms with van der Waals surface area (Å²) in [6, 6.07) is 0. The van der Waals surface area contributed by atoms with Gasteiger partial charge in [-0.3, -0.25) is 0 Å². The summed E-state index contributed by atoms with van der Waals surface area (Å²) in [7, 11) is 4.12. The molecule has 0 heterocycles. The van der Waals surface area contributed by atoms with Crippen LogP contribution in [0.1, 0.15) is 33.1 Å². The molecule has 0 radical (unpaired) electrons. The molecule has 0 bridgehead atoms. The Labute approximate surface area is 81.6 Å². The molecule has 0 rings (SSSR count). The van der Waals surface area contributed by atoms with E-state index in [4.69, 9.17) is 4.55 Å². The maximum Gasteiger partial charge on any atom is 0.0195 e. The third-order valence-corrected chi connectivity index (χ3v) is 1.56. The molecule has 0 aromatic carbocycles. The third-order valence-electron chi connectivity index (χ3n) is 1.09. The average Bonchev–Trinajstić information content (AvgIpc) is 1.99. The molecular formula is C9H23NOS. The normalized spacial score (nSPS) is 9.50. The number of unbranched alkanes of at least 4 members (excludes halogenated alkanes) is 1. The van der Waals surface area contributed by atoms with E-state index < -0.39 is 0 Å². The predicted molar refractivity (Wildman–Crippen MR) is 58.8 cm³/mol. The summed E-state index contributed by atoms with van der Waals surface area (Å²) >= 11 is 0.935. The first kappa shape index (κ1) is 14.8. The van der Waals surface area contributed by atoms with Gasteiger partial charge in [0.1, 0.15) is 0 Å². The minimum Gasteiger partial charge on any atom is -0.330 e. The second-order valence-electron chi connectivity index (χ2n) is 3.05. The van der Waals surface area contributed by atoms with Gasteiger partial charge in [0.15, 0.2) is 0 Å². The first-order valence-corrected chi connectivity index (χ1v) is 5.54. The molecule has 1 N–H and O–H groups in total. The van der Waals surface area contributed by atoms with E-state index in [0.29, 0.717) is 0 Å². The molecule has 0 aliphatic carbocycles.